The molecule has 1 saturated heterocycles. The van der Waals surface area contributed by atoms with E-state index < -0.39 is 11.9 Å². The van der Waals surface area contributed by atoms with Gasteiger partial charge in [0.15, 0.2) is 5.78 Å². The van der Waals surface area contributed by atoms with Crippen LogP contribution in [0.2, 0.25) is 0 Å². The number of likely N-dealkylation sites (tertiary alicyclic amines) is 1. The number of hydrogen-bond acceptors (Lipinski definition) is 5. The number of aliphatic carboxylic acids is 1. The fourth-order valence-electron chi connectivity index (χ4n) is 3.70. The number of carbonyl (C=O) groups is 3. The molecule has 3 aromatic rings. The average Bonchev–Trinajstić information content (AvgIpc) is 2.82. The van der Waals surface area contributed by atoms with Gasteiger partial charge in [0.05, 0.1) is 17.0 Å². The third-order valence-electron chi connectivity index (χ3n) is 5.57. The first-order valence-corrected chi connectivity index (χ1v) is 10.3. The summed E-state index contributed by atoms with van der Waals surface area (Å²) in [7, 11) is 0. The van der Waals surface area contributed by atoms with Crippen LogP contribution in [0, 0.1) is 5.92 Å². The van der Waals surface area contributed by atoms with Gasteiger partial charge in [-0.1, -0.05) is 24.3 Å². The highest BCUT2D eigenvalue weighted by Gasteiger charge is 2.27. The molecule has 0 atom stereocenters. The Morgan fingerprint density at radius 3 is 2.34 bits per heavy atom. The lowest BCUT2D eigenvalue weighted by Crippen LogP contribution is -2.40. The second kappa shape index (κ2) is 8.97. The van der Waals surface area contributed by atoms with Gasteiger partial charge in [0.1, 0.15) is 5.69 Å². The molecule has 1 aliphatic rings. The zero-order valence-electron chi connectivity index (χ0n) is 17.2. The van der Waals surface area contributed by atoms with E-state index in [0.717, 1.165) is 0 Å². The van der Waals surface area contributed by atoms with E-state index in [0.29, 0.717) is 48.1 Å². The van der Waals surface area contributed by atoms with Crippen LogP contribution in [-0.4, -0.2) is 50.7 Å². The van der Waals surface area contributed by atoms with Gasteiger partial charge in [-0.15, -0.1) is 0 Å². The van der Waals surface area contributed by atoms with Crippen LogP contribution in [0.1, 0.15) is 39.3 Å². The molecule has 2 N–H and O–H groups in total. The molecule has 2 aromatic carbocycles. The van der Waals surface area contributed by atoms with Crippen LogP contribution in [0.25, 0.3) is 17.1 Å². The molecule has 2 heterocycles. The van der Waals surface area contributed by atoms with Crippen LogP contribution < -0.4 is 5.56 Å². The normalized spacial score (nSPS) is 14.7. The molecule has 32 heavy (non-hydrogen) atoms. The summed E-state index contributed by atoms with van der Waals surface area (Å²) in [5, 5.41) is 9.08. The Kier molecular flexibility index (Phi) is 5.93. The number of nitrogens with zero attached hydrogens (tertiary/aromatic N) is 2. The number of ketones is 1. The summed E-state index contributed by atoms with van der Waals surface area (Å²) in [4.78, 5) is 57.0. The van der Waals surface area contributed by atoms with E-state index in [1.54, 1.807) is 47.4 Å². The quantitative estimate of drug-likeness (QED) is 0.473. The van der Waals surface area contributed by atoms with Gasteiger partial charge < -0.3 is 15.0 Å². The summed E-state index contributed by atoms with van der Waals surface area (Å²) in [5.41, 5.74) is 1.79. The molecular weight excluding hydrogens is 410 g/mol. The predicted molar refractivity (Wildman–Crippen MR) is 118 cm³/mol. The van der Waals surface area contributed by atoms with Crippen molar-refractivity contribution in [2.45, 2.75) is 12.8 Å². The number of aromatic amines is 1. The Hall–Kier alpha value is -4.07. The summed E-state index contributed by atoms with van der Waals surface area (Å²) >= 11 is 0. The largest absolute Gasteiger partial charge is 0.481 e. The molecule has 1 aliphatic heterocycles. The molecular formula is C24H21N3O5. The summed E-state index contributed by atoms with van der Waals surface area (Å²) in [6.45, 7) is 0.791. The topological polar surface area (TPSA) is 120 Å². The minimum atomic E-state index is -0.825. The van der Waals surface area contributed by atoms with Crippen LogP contribution in [0.5, 0.6) is 0 Å². The van der Waals surface area contributed by atoms with E-state index in [2.05, 4.69) is 9.97 Å². The van der Waals surface area contributed by atoms with E-state index in [9.17, 15) is 19.2 Å². The minimum Gasteiger partial charge on any atom is -0.481 e. The Bertz CT molecular complexity index is 1270. The van der Waals surface area contributed by atoms with Crippen molar-refractivity contribution in [3.8, 4) is 0 Å². The van der Waals surface area contributed by atoms with Gasteiger partial charge >= 0.3 is 5.97 Å². The van der Waals surface area contributed by atoms with Crippen LogP contribution >= 0.6 is 0 Å². The van der Waals surface area contributed by atoms with Crippen molar-refractivity contribution in [3.63, 3.8) is 0 Å². The molecule has 0 spiro atoms. The number of amides is 1. The second-order valence-electron chi connectivity index (χ2n) is 7.65. The van der Waals surface area contributed by atoms with Gasteiger partial charge in [-0.3, -0.25) is 19.2 Å². The number of benzene rings is 2. The number of rotatable bonds is 5. The van der Waals surface area contributed by atoms with Crippen molar-refractivity contribution < 1.29 is 19.5 Å². The maximum Gasteiger partial charge on any atom is 0.306 e. The van der Waals surface area contributed by atoms with E-state index >= 15 is 0 Å². The molecule has 1 amide bonds. The van der Waals surface area contributed by atoms with Crippen molar-refractivity contribution >= 4 is 34.8 Å². The zero-order valence-corrected chi connectivity index (χ0v) is 17.2. The molecule has 0 unspecified atom stereocenters. The number of H-pyrrole nitrogens is 1. The van der Waals surface area contributed by atoms with Gasteiger partial charge in [-0.05, 0) is 49.3 Å². The fourth-order valence-corrected chi connectivity index (χ4v) is 3.70. The van der Waals surface area contributed by atoms with Crippen LogP contribution in [-0.2, 0) is 4.79 Å². The standard InChI is InChI=1S/C24H21N3O5/c28-21(10-9-20-22(29)26-19-4-2-1-3-18(19)25-20)15-5-7-16(8-6-15)23(30)27-13-11-17(12-14-27)24(31)32/h1-10,17H,11-14H2,(H,26,29)(H,31,32)/b10-9+. The molecule has 0 bridgehead atoms. The SMILES string of the molecule is O=C(/C=C/c1nc2ccccc2[nH]c1=O)c1ccc(C(=O)N2CCC(C(=O)O)CC2)cc1. The summed E-state index contributed by atoms with van der Waals surface area (Å²) in [5.74, 6) is -1.74. The smallest absolute Gasteiger partial charge is 0.306 e. The molecule has 1 fully saturated rings. The van der Waals surface area contributed by atoms with Crippen LogP contribution in [0.4, 0.5) is 0 Å². The molecule has 0 saturated carbocycles. The lowest BCUT2D eigenvalue weighted by molar-refractivity contribution is -0.143. The lowest BCUT2D eigenvalue weighted by atomic mass is 9.96. The Labute approximate surface area is 183 Å². The van der Waals surface area contributed by atoms with Gasteiger partial charge in [0.2, 0.25) is 0 Å². The van der Waals surface area contributed by atoms with Crippen molar-refractivity contribution in [2.75, 3.05) is 13.1 Å². The summed E-state index contributed by atoms with van der Waals surface area (Å²) in [6, 6.07) is 13.4. The second-order valence-corrected chi connectivity index (χ2v) is 7.65. The van der Waals surface area contributed by atoms with Crippen LogP contribution in [0.15, 0.2) is 59.4 Å². The van der Waals surface area contributed by atoms with E-state index in [1.165, 1.54) is 12.2 Å². The fraction of sp³-hybridized carbons (Fsp3) is 0.208. The molecule has 8 nitrogen and oxygen atoms in total. The Morgan fingerprint density at radius 2 is 1.66 bits per heavy atom. The number of para-hydroxylation sites is 2. The first kappa shape index (κ1) is 21.2. The van der Waals surface area contributed by atoms with E-state index in [4.69, 9.17) is 5.11 Å². The summed E-state index contributed by atoms with van der Waals surface area (Å²) < 4.78 is 0. The third kappa shape index (κ3) is 4.49. The predicted octanol–water partition coefficient (Wildman–Crippen LogP) is 2.76. The lowest BCUT2D eigenvalue weighted by Gasteiger charge is -2.30. The maximum absolute atomic E-state index is 12.6. The van der Waals surface area contributed by atoms with Crippen LogP contribution in [0.3, 0.4) is 0 Å². The van der Waals surface area contributed by atoms with Gasteiger partial charge in [0.25, 0.3) is 11.5 Å². The molecule has 0 radical (unpaired) electrons. The average molecular weight is 431 g/mol. The van der Waals surface area contributed by atoms with E-state index in [1.807, 2.05) is 6.07 Å². The monoisotopic (exact) mass is 431 g/mol. The Morgan fingerprint density at radius 1 is 1.00 bits per heavy atom. The van der Waals surface area contributed by atoms with Crippen molar-refractivity contribution in [3.05, 3.63) is 81.8 Å². The molecule has 4 rings (SSSR count). The van der Waals surface area contributed by atoms with E-state index in [-0.39, 0.29) is 22.9 Å². The highest BCUT2D eigenvalue weighted by Crippen LogP contribution is 2.19. The first-order chi connectivity index (χ1) is 15.4. The highest BCUT2D eigenvalue weighted by atomic mass is 16.4. The van der Waals surface area contributed by atoms with Gasteiger partial charge in [-0.25, -0.2) is 4.98 Å². The number of fused-ring (bicyclic) bond motifs is 1. The third-order valence-corrected chi connectivity index (χ3v) is 5.57. The number of aromatic nitrogens is 2. The number of carbonyl (C=O) groups excluding carboxylic acids is 2. The number of hydrogen-bond donors (Lipinski definition) is 2. The van der Waals surface area contributed by atoms with Crippen molar-refractivity contribution in [2.24, 2.45) is 5.92 Å². The summed E-state index contributed by atoms with van der Waals surface area (Å²) in [6.07, 6.45) is 3.52. The maximum atomic E-state index is 12.6. The number of carboxylic acid groups (broad SMARTS) is 1. The highest BCUT2D eigenvalue weighted by molar-refractivity contribution is 6.07. The minimum absolute atomic E-state index is 0.133. The molecule has 1 aromatic heterocycles. The first-order valence-electron chi connectivity index (χ1n) is 10.3. The van der Waals surface area contributed by atoms with Crippen molar-refractivity contribution in [1.82, 2.24) is 14.9 Å². The molecule has 8 heteroatoms. The van der Waals surface area contributed by atoms with Gasteiger partial charge in [0, 0.05) is 24.2 Å². The Balaban J connectivity index is 1.43. The number of piperidine rings is 1. The number of nitrogens with one attached hydrogen (secondary N) is 1. The zero-order chi connectivity index (χ0) is 22.7. The van der Waals surface area contributed by atoms with Crippen molar-refractivity contribution in [1.29, 1.82) is 0 Å². The molecule has 0 aliphatic carbocycles. The number of carboxylic acids is 1. The molecule has 162 valence electrons. The number of allylic oxidation sites excluding steroid dienone is 1. The van der Waals surface area contributed by atoms with Gasteiger partial charge in [-0.2, -0.15) is 0 Å².